The van der Waals surface area contributed by atoms with Gasteiger partial charge in [0.2, 0.25) is 0 Å². The molecule has 162 valence electrons. The molecule has 0 unspecified atom stereocenters. The van der Waals surface area contributed by atoms with Crippen molar-refractivity contribution in [3.05, 3.63) is 41.5 Å². The molecule has 3 nitrogen and oxygen atoms in total. The van der Waals surface area contributed by atoms with Crippen molar-refractivity contribution in [3.8, 4) is 11.1 Å². The number of rotatable bonds is 7. The van der Waals surface area contributed by atoms with Gasteiger partial charge in [0.05, 0.1) is 22.0 Å². The SMILES string of the molecule is CC(C)C([Si]On1cc(-c2ccccc2C(F)(F)F)c2scnc21)(C(C)C)C(C)C. The van der Waals surface area contributed by atoms with Crippen molar-refractivity contribution in [2.24, 2.45) is 17.8 Å². The predicted molar refractivity (Wildman–Crippen MR) is 118 cm³/mol. The van der Waals surface area contributed by atoms with Crippen LogP contribution >= 0.6 is 11.3 Å². The molecule has 1 aromatic carbocycles. The Kier molecular flexibility index (Phi) is 6.39. The lowest BCUT2D eigenvalue weighted by Gasteiger charge is -2.43. The van der Waals surface area contributed by atoms with Gasteiger partial charge in [0, 0.05) is 10.6 Å². The summed E-state index contributed by atoms with van der Waals surface area (Å²) in [4.78, 5) is 4.37. The Morgan fingerprint density at radius 2 is 1.57 bits per heavy atom. The number of hydrogen-bond donors (Lipinski definition) is 0. The van der Waals surface area contributed by atoms with E-state index in [0.717, 1.165) is 6.07 Å². The van der Waals surface area contributed by atoms with E-state index in [9.17, 15) is 13.2 Å². The van der Waals surface area contributed by atoms with Gasteiger partial charge in [-0.1, -0.05) is 59.7 Å². The molecule has 0 bridgehead atoms. The monoisotopic (exact) mass is 452 g/mol. The summed E-state index contributed by atoms with van der Waals surface area (Å²) < 4.78 is 49.3. The van der Waals surface area contributed by atoms with Crippen molar-refractivity contribution < 1.29 is 17.7 Å². The number of aromatic nitrogens is 2. The average Bonchev–Trinajstić information content (AvgIpc) is 3.24. The third-order valence-corrected chi connectivity index (χ3v) is 9.18. The normalized spacial score (nSPS) is 13.2. The Morgan fingerprint density at radius 3 is 2.13 bits per heavy atom. The van der Waals surface area contributed by atoms with Gasteiger partial charge >= 0.3 is 15.9 Å². The van der Waals surface area contributed by atoms with E-state index in [1.165, 1.54) is 23.5 Å². The summed E-state index contributed by atoms with van der Waals surface area (Å²) in [6, 6.07) is 5.65. The maximum Gasteiger partial charge on any atom is 0.417 e. The molecule has 2 heterocycles. The van der Waals surface area contributed by atoms with Crippen LogP contribution in [0.2, 0.25) is 5.04 Å². The topological polar surface area (TPSA) is 27.1 Å². The summed E-state index contributed by atoms with van der Waals surface area (Å²) in [5.74, 6) is 1.17. The molecule has 0 spiro atoms. The second kappa shape index (κ2) is 8.38. The molecule has 8 heteroatoms. The molecule has 0 amide bonds. The van der Waals surface area contributed by atoms with E-state index in [0.29, 0.717) is 33.7 Å². The van der Waals surface area contributed by atoms with E-state index in [-0.39, 0.29) is 20.4 Å². The molecule has 0 fully saturated rings. The molecule has 2 radical (unpaired) electrons. The first-order chi connectivity index (χ1) is 14.0. The highest BCUT2D eigenvalue weighted by atomic mass is 32.1. The number of fused-ring (bicyclic) bond motifs is 1. The van der Waals surface area contributed by atoms with E-state index in [1.54, 1.807) is 22.5 Å². The van der Waals surface area contributed by atoms with E-state index < -0.39 is 11.7 Å². The van der Waals surface area contributed by atoms with Crippen molar-refractivity contribution >= 4 is 31.4 Å². The number of hydrogen-bond acceptors (Lipinski definition) is 3. The molecule has 3 rings (SSSR count). The minimum Gasteiger partial charge on any atom is -0.466 e. The van der Waals surface area contributed by atoms with Gasteiger partial charge in [0.25, 0.3) is 0 Å². The molecule has 0 saturated carbocycles. The number of halogens is 3. The molecular formula is C22H27F3N2OSSi. The average molecular weight is 453 g/mol. The van der Waals surface area contributed by atoms with Crippen LogP contribution in [0.4, 0.5) is 13.2 Å². The Bertz CT molecular complexity index is 986. The van der Waals surface area contributed by atoms with Gasteiger partial charge in [-0.2, -0.15) is 17.9 Å². The third kappa shape index (κ3) is 3.91. The minimum absolute atomic E-state index is 0.0450. The zero-order valence-corrected chi connectivity index (χ0v) is 19.9. The molecule has 0 aliphatic rings. The fourth-order valence-corrected chi connectivity index (χ4v) is 6.43. The number of benzene rings is 1. The predicted octanol–water partition coefficient (Wildman–Crippen LogP) is 6.96. The Labute approximate surface area is 182 Å². The molecule has 3 aromatic rings. The first-order valence-electron chi connectivity index (χ1n) is 10.1. The van der Waals surface area contributed by atoms with Crippen molar-refractivity contribution in [2.75, 3.05) is 0 Å². The minimum atomic E-state index is -4.43. The van der Waals surface area contributed by atoms with Gasteiger partial charge in [-0.3, -0.25) is 0 Å². The van der Waals surface area contributed by atoms with Crippen LogP contribution in [0.15, 0.2) is 36.0 Å². The molecule has 30 heavy (non-hydrogen) atoms. The zero-order chi connectivity index (χ0) is 22.3. The van der Waals surface area contributed by atoms with Gasteiger partial charge in [-0.15, -0.1) is 11.3 Å². The molecule has 0 aliphatic heterocycles. The highest BCUT2D eigenvalue weighted by Crippen LogP contribution is 2.49. The molecular weight excluding hydrogens is 425 g/mol. The van der Waals surface area contributed by atoms with Gasteiger partial charge in [-0.25, -0.2) is 4.98 Å². The van der Waals surface area contributed by atoms with E-state index in [4.69, 9.17) is 4.53 Å². The number of nitrogens with zero attached hydrogens (tertiary/aromatic N) is 2. The van der Waals surface area contributed by atoms with Crippen molar-refractivity contribution in [2.45, 2.75) is 52.8 Å². The third-order valence-electron chi connectivity index (χ3n) is 5.96. The molecule has 0 aliphatic carbocycles. The molecule has 2 aromatic heterocycles. The highest BCUT2D eigenvalue weighted by Gasteiger charge is 2.44. The Morgan fingerprint density at radius 1 is 0.967 bits per heavy atom. The van der Waals surface area contributed by atoms with E-state index >= 15 is 0 Å². The van der Waals surface area contributed by atoms with Crippen LogP contribution in [0.25, 0.3) is 21.5 Å². The molecule has 0 atom stereocenters. The lowest BCUT2D eigenvalue weighted by molar-refractivity contribution is -0.137. The number of alkyl halides is 3. The van der Waals surface area contributed by atoms with Crippen LogP contribution in [0.1, 0.15) is 47.1 Å². The Balaban J connectivity index is 2.05. The summed E-state index contributed by atoms with van der Waals surface area (Å²) in [5, 5.41) is -0.0450. The standard InChI is InChI=1S/C22H27F3N2OSSi/c1-13(2)21(14(3)4,15(5)6)30-28-27-11-17(19-20(27)26-12-29-19)16-9-7-8-10-18(16)22(23,24)25/h7-15H,1-6H3. The van der Waals surface area contributed by atoms with Crippen LogP contribution in [0.5, 0.6) is 0 Å². The second-order valence-corrected chi connectivity index (χ2v) is 10.6. The lowest BCUT2D eigenvalue weighted by Crippen LogP contribution is -2.41. The van der Waals surface area contributed by atoms with E-state index in [2.05, 4.69) is 46.5 Å². The van der Waals surface area contributed by atoms with Gasteiger partial charge in [0.15, 0.2) is 5.65 Å². The largest absolute Gasteiger partial charge is 0.466 e. The summed E-state index contributed by atoms with van der Waals surface area (Å²) in [6.07, 6.45) is -2.78. The van der Waals surface area contributed by atoms with Crippen LogP contribution in [0, 0.1) is 17.8 Å². The maximum atomic E-state index is 13.6. The van der Waals surface area contributed by atoms with Gasteiger partial charge in [0.1, 0.15) is 0 Å². The first kappa shape index (κ1) is 22.9. The van der Waals surface area contributed by atoms with E-state index in [1.807, 2.05) is 0 Å². The number of thiazole rings is 1. The lowest BCUT2D eigenvalue weighted by atomic mass is 9.76. The highest BCUT2D eigenvalue weighted by molar-refractivity contribution is 7.17. The smallest absolute Gasteiger partial charge is 0.417 e. The summed E-state index contributed by atoms with van der Waals surface area (Å²) in [6.45, 7) is 13.2. The van der Waals surface area contributed by atoms with Crippen LogP contribution in [0.3, 0.4) is 0 Å². The van der Waals surface area contributed by atoms with Crippen molar-refractivity contribution in [1.29, 1.82) is 0 Å². The summed E-state index contributed by atoms with van der Waals surface area (Å²) >= 11 is 1.32. The first-order valence-corrected chi connectivity index (χ1v) is 11.8. The summed E-state index contributed by atoms with van der Waals surface area (Å²) in [7, 11) is 0.151. The second-order valence-electron chi connectivity index (χ2n) is 8.51. The zero-order valence-electron chi connectivity index (χ0n) is 18.0. The van der Waals surface area contributed by atoms with Crippen molar-refractivity contribution in [3.63, 3.8) is 0 Å². The van der Waals surface area contributed by atoms with Crippen molar-refractivity contribution in [1.82, 2.24) is 9.71 Å². The molecule has 0 N–H and O–H groups in total. The summed E-state index contributed by atoms with van der Waals surface area (Å²) in [5.41, 5.74) is 2.20. The van der Waals surface area contributed by atoms with Crippen LogP contribution < -0.4 is 4.53 Å². The maximum absolute atomic E-state index is 13.6. The van der Waals surface area contributed by atoms with Gasteiger partial charge < -0.3 is 4.53 Å². The van der Waals surface area contributed by atoms with Crippen LogP contribution in [-0.2, 0) is 6.18 Å². The fourth-order valence-electron chi connectivity index (χ4n) is 4.53. The van der Waals surface area contributed by atoms with Gasteiger partial charge in [-0.05, 0) is 29.4 Å². The van der Waals surface area contributed by atoms with Crippen LogP contribution in [-0.4, -0.2) is 19.5 Å². The quantitative estimate of drug-likeness (QED) is 0.362. The fraction of sp³-hybridized carbons (Fsp3) is 0.500. The molecule has 0 saturated heterocycles. The Hall–Kier alpha value is -1.80.